The molecule has 2 aromatic heterocycles. The molecule has 0 radical (unpaired) electrons. The number of anilines is 1. The van der Waals surface area contributed by atoms with Gasteiger partial charge in [0.25, 0.3) is 5.91 Å². The Bertz CT molecular complexity index is 689. The second-order valence-corrected chi connectivity index (χ2v) is 4.15. The SMILES string of the molecule is O=C(Nc1ccnn1Cc1ccccc1)c1ncn[nH]1. The predicted molar refractivity (Wildman–Crippen MR) is 72.1 cm³/mol. The number of aromatic amines is 1. The number of rotatable bonds is 4. The average Bonchev–Trinajstić information content (AvgIpc) is 3.12. The van der Waals surface area contributed by atoms with Gasteiger partial charge in [-0.3, -0.25) is 9.89 Å². The van der Waals surface area contributed by atoms with E-state index in [2.05, 4.69) is 25.6 Å². The zero-order valence-corrected chi connectivity index (χ0v) is 10.5. The third kappa shape index (κ3) is 2.56. The Morgan fingerprint density at radius 2 is 2.10 bits per heavy atom. The van der Waals surface area contributed by atoms with Crippen LogP contribution in [0.1, 0.15) is 16.2 Å². The molecule has 0 aliphatic carbocycles. The van der Waals surface area contributed by atoms with Crippen LogP contribution in [0, 0.1) is 0 Å². The van der Waals surface area contributed by atoms with Gasteiger partial charge >= 0.3 is 0 Å². The molecule has 100 valence electrons. The first kappa shape index (κ1) is 12.1. The number of H-pyrrole nitrogens is 1. The first-order valence-electron chi connectivity index (χ1n) is 6.05. The van der Waals surface area contributed by atoms with Crippen molar-refractivity contribution in [3.8, 4) is 0 Å². The van der Waals surface area contributed by atoms with Crippen LogP contribution in [-0.4, -0.2) is 30.9 Å². The van der Waals surface area contributed by atoms with E-state index < -0.39 is 0 Å². The number of amides is 1. The minimum Gasteiger partial charge on any atom is -0.304 e. The second-order valence-electron chi connectivity index (χ2n) is 4.15. The molecule has 1 amide bonds. The Kier molecular flexibility index (Phi) is 3.24. The van der Waals surface area contributed by atoms with E-state index in [1.807, 2.05) is 30.3 Å². The highest BCUT2D eigenvalue weighted by Gasteiger charge is 2.11. The van der Waals surface area contributed by atoms with E-state index in [0.29, 0.717) is 12.4 Å². The van der Waals surface area contributed by atoms with Crippen molar-refractivity contribution in [3.63, 3.8) is 0 Å². The Hall–Kier alpha value is -2.96. The van der Waals surface area contributed by atoms with E-state index in [-0.39, 0.29) is 11.7 Å². The van der Waals surface area contributed by atoms with Gasteiger partial charge in [0.2, 0.25) is 5.82 Å². The quantitative estimate of drug-likeness (QED) is 0.746. The largest absolute Gasteiger partial charge is 0.304 e. The van der Waals surface area contributed by atoms with Crippen LogP contribution in [0.4, 0.5) is 5.82 Å². The molecule has 7 heteroatoms. The van der Waals surface area contributed by atoms with Gasteiger partial charge in [0.1, 0.15) is 12.1 Å². The molecule has 0 saturated carbocycles. The summed E-state index contributed by atoms with van der Waals surface area (Å²) < 4.78 is 1.71. The number of nitrogens with one attached hydrogen (secondary N) is 2. The number of hydrogen-bond acceptors (Lipinski definition) is 4. The summed E-state index contributed by atoms with van der Waals surface area (Å²) in [6.07, 6.45) is 2.93. The minimum absolute atomic E-state index is 0.164. The molecule has 7 nitrogen and oxygen atoms in total. The van der Waals surface area contributed by atoms with Gasteiger partial charge in [-0.05, 0) is 5.56 Å². The van der Waals surface area contributed by atoms with Crippen molar-refractivity contribution in [2.75, 3.05) is 5.32 Å². The molecule has 0 bridgehead atoms. The maximum atomic E-state index is 11.9. The maximum absolute atomic E-state index is 11.9. The molecule has 3 rings (SSSR count). The first-order valence-corrected chi connectivity index (χ1v) is 6.05. The van der Waals surface area contributed by atoms with E-state index in [4.69, 9.17) is 0 Å². The fourth-order valence-corrected chi connectivity index (χ4v) is 1.81. The Labute approximate surface area is 114 Å². The highest BCUT2D eigenvalue weighted by atomic mass is 16.2. The molecule has 2 N–H and O–H groups in total. The number of nitrogens with zero attached hydrogens (tertiary/aromatic N) is 4. The third-order valence-corrected chi connectivity index (χ3v) is 2.76. The molecule has 2 heterocycles. The van der Waals surface area contributed by atoms with Crippen LogP contribution in [0.2, 0.25) is 0 Å². The third-order valence-electron chi connectivity index (χ3n) is 2.76. The van der Waals surface area contributed by atoms with Gasteiger partial charge in [-0.15, -0.1) is 0 Å². The Balaban J connectivity index is 1.75. The summed E-state index contributed by atoms with van der Waals surface area (Å²) in [7, 11) is 0. The normalized spacial score (nSPS) is 10.4. The molecule has 0 atom stereocenters. The molecule has 20 heavy (non-hydrogen) atoms. The van der Waals surface area contributed by atoms with Gasteiger partial charge in [-0.25, -0.2) is 9.67 Å². The number of hydrogen-bond donors (Lipinski definition) is 2. The first-order chi connectivity index (χ1) is 9.83. The predicted octanol–water partition coefficient (Wildman–Crippen LogP) is 1.30. The topological polar surface area (TPSA) is 88.5 Å². The summed E-state index contributed by atoms with van der Waals surface area (Å²) in [4.78, 5) is 15.7. The maximum Gasteiger partial charge on any atom is 0.294 e. The zero-order chi connectivity index (χ0) is 13.8. The summed E-state index contributed by atoms with van der Waals surface area (Å²) in [6.45, 7) is 0.583. The zero-order valence-electron chi connectivity index (χ0n) is 10.5. The van der Waals surface area contributed by atoms with Crippen molar-refractivity contribution in [1.29, 1.82) is 0 Å². The van der Waals surface area contributed by atoms with Crippen LogP contribution >= 0.6 is 0 Å². The van der Waals surface area contributed by atoms with E-state index in [9.17, 15) is 4.79 Å². The fraction of sp³-hybridized carbons (Fsp3) is 0.0769. The van der Waals surface area contributed by atoms with Gasteiger partial charge < -0.3 is 5.32 Å². The highest BCUT2D eigenvalue weighted by Crippen LogP contribution is 2.10. The molecule has 0 aliphatic rings. The smallest absolute Gasteiger partial charge is 0.294 e. The van der Waals surface area contributed by atoms with E-state index in [0.717, 1.165) is 5.56 Å². The van der Waals surface area contributed by atoms with Crippen molar-refractivity contribution in [2.45, 2.75) is 6.54 Å². The van der Waals surface area contributed by atoms with Gasteiger partial charge in [-0.1, -0.05) is 30.3 Å². The van der Waals surface area contributed by atoms with Crippen LogP contribution in [0.25, 0.3) is 0 Å². The van der Waals surface area contributed by atoms with Gasteiger partial charge in [0.05, 0.1) is 12.7 Å². The van der Waals surface area contributed by atoms with Crippen molar-refractivity contribution in [3.05, 3.63) is 60.3 Å². The van der Waals surface area contributed by atoms with Crippen molar-refractivity contribution in [1.82, 2.24) is 25.0 Å². The number of benzene rings is 1. The van der Waals surface area contributed by atoms with Crippen LogP contribution in [0.3, 0.4) is 0 Å². The lowest BCUT2D eigenvalue weighted by Gasteiger charge is -2.08. The van der Waals surface area contributed by atoms with Crippen LogP contribution in [0.15, 0.2) is 48.9 Å². The van der Waals surface area contributed by atoms with Gasteiger partial charge in [0.15, 0.2) is 0 Å². The summed E-state index contributed by atoms with van der Waals surface area (Å²) >= 11 is 0. The van der Waals surface area contributed by atoms with Crippen LogP contribution in [0.5, 0.6) is 0 Å². The number of carbonyl (C=O) groups excluding carboxylic acids is 1. The average molecular weight is 268 g/mol. The van der Waals surface area contributed by atoms with E-state index >= 15 is 0 Å². The summed E-state index contributed by atoms with van der Waals surface area (Å²) in [5.74, 6) is 0.421. The molecule has 0 unspecified atom stereocenters. The van der Waals surface area contributed by atoms with Crippen molar-refractivity contribution in [2.24, 2.45) is 0 Å². The molecule has 0 saturated heterocycles. The summed E-state index contributed by atoms with van der Waals surface area (Å²) in [6, 6.07) is 11.6. The van der Waals surface area contributed by atoms with Gasteiger partial charge in [-0.2, -0.15) is 10.2 Å². The monoisotopic (exact) mass is 268 g/mol. The van der Waals surface area contributed by atoms with Crippen molar-refractivity contribution >= 4 is 11.7 Å². The Morgan fingerprint density at radius 3 is 2.85 bits per heavy atom. The van der Waals surface area contributed by atoms with Crippen LogP contribution in [-0.2, 0) is 6.54 Å². The minimum atomic E-state index is -0.350. The molecule has 3 aromatic rings. The van der Waals surface area contributed by atoms with E-state index in [1.54, 1.807) is 16.9 Å². The highest BCUT2D eigenvalue weighted by molar-refractivity contribution is 6.00. The molecule has 0 spiro atoms. The molecule has 1 aromatic carbocycles. The number of carbonyl (C=O) groups is 1. The Morgan fingerprint density at radius 1 is 1.25 bits per heavy atom. The lowest BCUT2D eigenvalue weighted by Crippen LogP contribution is -2.17. The standard InChI is InChI=1S/C13H12N6O/c20-13(12-14-9-15-18-12)17-11-6-7-16-19(11)8-10-4-2-1-3-5-10/h1-7,9H,8H2,(H,17,20)(H,14,15,18). The lowest BCUT2D eigenvalue weighted by atomic mass is 10.2. The molecular weight excluding hydrogens is 256 g/mol. The van der Waals surface area contributed by atoms with Gasteiger partial charge in [0, 0.05) is 6.07 Å². The lowest BCUT2D eigenvalue weighted by molar-refractivity contribution is 0.101. The number of aromatic nitrogens is 5. The van der Waals surface area contributed by atoms with E-state index in [1.165, 1.54) is 6.33 Å². The summed E-state index contributed by atoms with van der Waals surface area (Å²) in [5.41, 5.74) is 1.10. The molecular formula is C13H12N6O. The molecule has 0 aliphatic heterocycles. The summed E-state index contributed by atoms with van der Waals surface area (Å²) in [5, 5.41) is 13.1. The second kappa shape index (κ2) is 5.35. The van der Waals surface area contributed by atoms with Crippen molar-refractivity contribution < 1.29 is 4.79 Å². The fourth-order valence-electron chi connectivity index (χ4n) is 1.81. The van der Waals surface area contributed by atoms with Crippen LogP contribution < -0.4 is 5.32 Å². The molecule has 0 fully saturated rings.